The first-order chi connectivity index (χ1) is 24.6. The summed E-state index contributed by atoms with van der Waals surface area (Å²) in [7, 11) is 6.77. The molecule has 2 amide bonds. The molecule has 0 bridgehead atoms. The zero-order chi connectivity index (χ0) is 35.2. The molecule has 12 heteroatoms. The second-order valence-electron chi connectivity index (χ2n) is 11.3. The van der Waals surface area contributed by atoms with E-state index in [4.69, 9.17) is 9.47 Å². The van der Waals surface area contributed by atoms with E-state index in [-0.39, 0.29) is 36.6 Å². The molecule has 4 aromatic rings. The second-order valence-corrected chi connectivity index (χ2v) is 14.0. The smallest absolute Gasteiger partial charge is 0.220 e. The number of hydrogen-bond donors (Lipinski definition) is 2. The van der Waals surface area contributed by atoms with E-state index in [1.807, 2.05) is 97.3 Å². The maximum Gasteiger partial charge on any atom is 0.220 e. The third-order valence-corrected chi connectivity index (χ3v) is 10.2. The van der Waals surface area contributed by atoms with Gasteiger partial charge in [-0.3, -0.25) is 9.59 Å². The number of benzene rings is 2. The van der Waals surface area contributed by atoms with E-state index in [1.54, 1.807) is 35.8 Å². The van der Waals surface area contributed by atoms with Crippen molar-refractivity contribution >= 4 is 57.7 Å². The number of pyridine rings is 2. The topological polar surface area (TPSA) is 84.4 Å². The summed E-state index contributed by atoms with van der Waals surface area (Å²) in [5.74, 6) is 3.44. The van der Waals surface area contributed by atoms with Gasteiger partial charge in [-0.15, -0.1) is 0 Å². The van der Waals surface area contributed by atoms with Crippen LogP contribution in [0.1, 0.15) is 48.2 Å². The monoisotopic (exact) mass is 782 g/mol. The van der Waals surface area contributed by atoms with Crippen molar-refractivity contribution in [2.24, 2.45) is 0 Å². The predicted molar refractivity (Wildman–Crippen MR) is 207 cm³/mol. The largest absolute Gasteiger partial charge is 1.00 e. The lowest BCUT2D eigenvalue weighted by Gasteiger charge is -2.06. The van der Waals surface area contributed by atoms with Gasteiger partial charge in [-0.2, -0.15) is 9.13 Å². The van der Waals surface area contributed by atoms with E-state index in [2.05, 4.69) is 44.1 Å². The zero-order valence-corrected chi connectivity index (χ0v) is 32.9. The standard InChI is InChI=1S/C40H46N4O4S2.2ClH/c1-47-37-17-5-3-13-33(37)21-23-35-15-7-9-27-43(35)29-11-19-39(45)41-25-31-49-50-32-26-42-40(46)20-12-30-44-28-10-8-16-36(44)24-22-34-14-4-6-18-38(34)48-2;;/h3-10,13-18,21-24,27-28H,11-12,19-20,25-26,29-32H2,1-2H3;2*1H. The first-order valence-electron chi connectivity index (χ1n) is 16.9. The van der Waals surface area contributed by atoms with Gasteiger partial charge in [0, 0.05) is 97.8 Å². The molecule has 0 aliphatic rings. The summed E-state index contributed by atoms with van der Waals surface area (Å²) in [6.45, 7) is 2.76. The Morgan fingerprint density at radius 3 is 1.42 bits per heavy atom. The van der Waals surface area contributed by atoms with Crippen molar-refractivity contribution in [3.63, 3.8) is 0 Å². The lowest BCUT2D eigenvalue weighted by Crippen LogP contribution is -3.00. The SMILES string of the molecule is COc1ccccc1C=Cc1cccc[n+]1CCCC(=O)NCCSSCCNC(=O)CCC[n+]1ccccc1C=Cc1ccccc1OC.[Cl-].[Cl-]. The number of methoxy groups -OCH3 is 2. The maximum atomic E-state index is 12.4. The molecule has 0 aliphatic heterocycles. The fraction of sp³-hybridized carbons (Fsp3) is 0.300. The van der Waals surface area contributed by atoms with E-state index in [1.165, 1.54) is 0 Å². The summed E-state index contributed by atoms with van der Waals surface area (Å²) < 4.78 is 15.2. The first kappa shape index (κ1) is 44.2. The van der Waals surface area contributed by atoms with Gasteiger partial charge in [0.15, 0.2) is 12.4 Å². The van der Waals surface area contributed by atoms with Crippen LogP contribution in [0.5, 0.6) is 11.5 Å². The van der Waals surface area contributed by atoms with E-state index < -0.39 is 0 Å². The van der Waals surface area contributed by atoms with Gasteiger partial charge in [-0.25, -0.2) is 0 Å². The molecule has 52 heavy (non-hydrogen) atoms. The average molecular weight is 784 g/mol. The highest BCUT2D eigenvalue weighted by Gasteiger charge is 2.11. The number of nitrogens with one attached hydrogen (secondary N) is 2. The lowest BCUT2D eigenvalue weighted by molar-refractivity contribution is -0.699. The highest BCUT2D eigenvalue weighted by molar-refractivity contribution is 8.76. The highest BCUT2D eigenvalue weighted by atomic mass is 35.5. The van der Waals surface area contributed by atoms with Gasteiger partial charge >= 0.3 is 0 Å². The minimum absolute atomic E-state index is 0. The van der Waals surface area contributed by atoms with Crippen LogP contribution < -0.4 is 54.1 Å². The van der Waals surface area contributed by atoms with Crippen LogP contribution in [0.25, 0.3) is 24.3 Å². The van der Waals surface area contributed by atoms with E-state index in [9.17, 15) is 9.59 Å². The van der Waals surface area contributed by atoms with Crippen LogP contribution in [0, 0.1) is 0 Å². The Morgan fingerprint density at radius 2 is 1.00 bits per heavy atom. The molecular weight excluding hydrogens is 736 g/mol. The Kier molecular flexibility index (Phi) is 22.0. The van der Waals surface area contributed by atoms with E-state index >= 15 is 0 Å². The number of hydrogen-bond acceptors (Lipinski definition) is 6. The van der Waals surface area contributed by atoms with Crippen LogP contribution in [0.4, 0.5) is 0 Å². The number of ether oxygens (including phenoxy) is 2. The van der Waals surface area contributed by atoms with Gasteiger partial charge in [-0.05, 0) is 36.4 Å². The molecule has 0 aliphatic carbocycles. The summed E-state index contributed by atoms with van der Waals surface area (Å²) in [5, 5.41) is 6.04. The van der Waals surface area contributed by atoms with Crippen LogP contribution in [0.3, 0.4) is 0 Å². The number of carbonyl (C=O) groups excluding carboxylic acids is 2. The van der Waals surface area contributed by atoms with E-state index in [0.717, 1.165) is 71.5 Å². The number of para-hydroxylation sites is 2. The summed E-state index contributed by atoms with van der Waals surface area (Å²) in [5.41, 5.74) is 4.17. The average Bonchev–Trinajstić information content (AvgIpc) is 3.15. The summed E-state index contributed by atoms with van der Waals surface area (Å²) >= 11 is 0. The van der Waals surface area contributed by atoms with Crippen molar-refractivity contribution in [1.82, 2.24) is 10.6 Å². The minimum Gasteiger partial charge on any atom is -1.00 e. The van der Waals surface area contributed by atoms with Gasteiger partial charge in [0.2, 0.25) is 23.2 Å². The summed E-state index contributed by atoms with van der Waals surface area (Å²) in [4.78, 5) is 24.8. The molecule has 0 radical (unpaired) electrons. The number of rotatable bonds is 21. The Labute approximate surface area is 328 Å². The minimum atomic E-state index is 0. The molecule has 4 rings (SSSR count). The number of aryl methyl sites for hydroxylation is 2. The van der Waals surface area contributed by atoms with Gasteiger partial charge in [-0.1, -0.05) is 58.0 Å². The quantitative estimate of drug-likeness (QED) is 0.0729. The Hall–Kier alpha value is -3.96. The predicted octanol–water partition coefficient (Wildman–Crippen LogP) is 0.502. The fourth-order valence-electron chi connectivity index (χ4n) is 5.23. The number of halogens is 2. The molecule has 278 valence electrons. The Balaban J connectivity index is 0.00000468. The second kappa shape index (κ2) is 25.9. The Bertz CT molecular complexity index is 1600. The molecule has 2 aromatic heterocycles. The lowest BCUT2D eigenvalue weighted by atomic mass is 10.1. The number of aromatic nitrogens is 2. The third kappa shape index (κ3) is 15.7. The van der Waals surface area contributed by atoms with Crippen molar-refractivity contribution in [3.8, 4) is 11.5 Å². The molecule has 0 saturated carbocycles. The molecule has 0 spiro atoms. The molecule has 0 fully saturated rings. The normalized spacial score (nSPS) is 10.7. The van der Waals surface area contributed by atoms with Crippen LogP contribution in [-0.4, -0.2) is 50.6 Å². The van der Waals surface area contributed by atoms with Crippen LogP contribution in [0.15, 0.2) is 97.3 Å². The van der Waals surface area contributed by atoms with Crippen molar-refractivity contribution in [2.45, 2.75) is 38.8 Å². The van der Waals surface area contributed by atoms with Crippen LogP contribution >= 0.6 is 21.6 Å². The highest BCUT2D eigenvalue weighted by Crippen LogP contribution is 2.21. The van der Waals surface area contributed by atoms with E-state index in [0.29, 0.717) is 25.9 Å². The summed E-state index contributed by atoms with van der Waals surface area (Å²) in [6.07, 6.45) is 14.8. The van der Waals surface area contributed by atoms with Gasteiger partial charge in [0.25, 0.3) is 0 Å². The molecule has 2 aromatic carbocycles. The van der Waals surface area contributed by atoms with Crippen LogP contribution in [0.2, 0.25) is 0 Å². The third-order valence-electron chi connectivity index (χ3n) is 7.80. The van der Waals surface area contributed by atoms with Gasteiger partial charge in [0.05, 0.1) is 14.2 Å². The number of nitrogens with zero attached hydrogens (tertiary/aromatic N) is 2. The van der Waals surface area contributed by atoms with Crippen LogP contribution in [-0.2, 0) is 22.7 Å². The van der Waals surface area contributed by atoms with Gasteiger partial charge < -0.3 is 44.9 Å². The molecule has 2 heterocycles. The number of amides is 2. The molecule has 0 saturated heterocycles. The van der Waals surface area contributed by atoms with Gasteiger partial charge in [0.1, 0.15) is 24.6 Å². The summed E-state index contributed by atoms with van der Waals surface area (Å²) in [6, 6.07) is 28.0. The van der Waals surface area contributed by atoms with Crippen molar-refractivity contribution in [1.29, 1.82) is 0 Å². The molecular formula is C40H48Cl2N4O4S2. The van der Waals surface area contributed by atoms with Crippen molar-refractivity contribution < 1.29 is 53.0 Å². The first-order valence-corrected chi connectivity index (χ1v) is 19.4. The molecule has 0 unspecified atom stereocenters. The maximum absolute atomic E-state index is 12.4. The molecule has 8 nitrogen and oxygen atoms in total. The Morgan fingerprint density at radius 1 is 0.596 bits per heavy atom. The fourth-order valence-corrected chi connectivity index (χ4v) is 7.04. The van der Waals surface area contributed by atoms with Crippen molar-refractivity contribution in [2.75, 3.05) is 38.8 Å². The number of carbonyl (C=O) groups is 2. The van der Waals surface area contributed by atoms with Crippen molar-refractivity contribution in [3.05, 3.63) is 120 Å². The molecule has 0 atom stereocenters. The zero-order valence-electron chi connectivity index (χ0n) is 29.7. The molecule has 2 N–H and O–H groups in total.